The zero-order chi connectivity index (χ0) is 13.5. The molecule has 0 spiro atoms. The van der Waals surface area contributed by atoms with Crippen molar-refractivity contribution in [2.45, 2.75) is 12.3 Å². The summed E-state index contributed by atoms with van der Waals surface area (Å²) in [5, 5.41) is 8.67. The summed E-state index contributed by atoms with van der Waals surface area (Å²) in [5.74, 6) is -5.33. The van der Waals surface area contributed by atoms with Crippen LogP contribution in [0, 0.1) is 11.3 Å². The van der Waals surface area contributed by atoms with E-state index < -0.39 is 18.2 Å². The van der Waals surface area contributed by atoms with Gasteiger partial charge >= 0.3 is 12.3 Å². The summed E-state index contributed by atoms with van der Waals surface area (Å²) < 4.78 is 52.0. The molecule has 0 fully saturated rings. The highest BCUT2D eigenvalue weighted by Crippen LogP contribution is 2.35. The third-order valence-corrected chi connectivity index (χ3v) is 2.58. The third kappa shape index (κ3) is 1.70. The number of hydrogen-bond acceptors (Lipinski definition) is 2. The zero-order valence-electron chi connectivity index (χ0n) is 9.16. The first-order valence-corrected chi connectivity index (χ1v) is 4.91. The van der Waals surface area contributed by atoms with Crippen LogP contribution in [0.4, 0.5) is 17.6 Å². The molecule has 0 aliphatic rings. The van der Waals surface area contributed by atoms with Gasteiger partial charge in [0.15, 0.2) is 5.82 Å². The number of imidazole rings is 1. The second-order valence-corrected chi connectivity index (χ2v) is 3.73. The molecule has 0 amide bonds. The van der Waals surface area contributed by atoms with Crippen LogP contribution in [-0.4, -0.2) is 16.0 Å². The van der Waals surface area contributed by atoms with Gasteiger partial charge in [0.2, 0.25) is 0 Å². The van der Waals surface area contributed by atoms with Gasteiger partial charge < -0.3 is 4.57 Å². The Morgan fingerprint density at radius 1 is 1.39 bits per heavy atom. The topological polar surface area (TPSA) is 41.6 Å². The fraction of sp³-hybridized carbons (Fsp3) is 0.273. The molecule has 1 aromatic carbocycles. The molecule has 0 radical (unpaired) electrons. The first kappa shape index (κ1) is 12.4. The number of nitriles is 1. The summed E-state index contributed by atoms with van der Waals surface area (Å²) in [6.45, 7) is 0. The molecule has 1 aromatic heterocycles. The highest BCUT2D eigenvalue weighted by Gasteiger charge is 2.46. The predicted octanol–water partition coefficient (Wildman–Crippen LogP) is 2.80. The van der Waals surface area contributed by atoms with Crippen molar-refractivity contribution in [1.82, 2.24) is 9.55 Å². The van der Waals surface area contributed by atoms with Crippen LogP contribution in [0.5, 0.6) is 0 Å². The summed E-state index contributed by atoms with van der Waals surface area (Å²) in [5.41, 5.74) is 0.587. The van der Waals surface area contributed by atoms with Gasteiger partial charge in [-0.05, 0) is 18.2 Å². The molecule has 2 aromatic rings. The largest absolute Gasteiger partial charge is 0.364 e. The Kier molecular flexibility index (Phi) is 2.73. The maximum absolute atomic E-state index is 13.3. The van der Waals surface area contributed by atoms with Crippen molar-refractivity contribution < 1.29 is 17.6 Å². The van der Waals surface area contributed by atoms with Crippen molar-refractivity contribution in [1.29, 1.82) is 5.26 Å². The van der Waals surface area contributed by atoms with Crippen molar-refractivity contribution in [2.75, 3.05) is 0 Å². The lowest BCUT2D eigenvalue weighted by Gasteiger charge is -2.14. The van der Waals surface area contributed by atoms with Crippen LogP contribution < -0.4 is 0 Å². The van der Waals surface area contributed by atoms with Gasteiger partial charge in [0, 0.05) is 7.05 Å². The van der Waals surface area contributed by atoms with E-state index in [1.54, 1.807) is 0 Å². The molecule has 0 saturated carbocycles. The molecule has 94 valence electrons. The average Bonchev–Trinajstić information content (AvgIpc) is 2.66. The summed E-state index contributed by atoms with van der Waals surface area (Å²) in [7, 11) is 1.23. The molecular formula is C11H7F4N3. The maximum Gasteiger partial charge on any atom is 0.364 e. The highest BCUT2D eigenvalue weighted by atomic mass is 19.3. The van der Waals surface area contributed by atoms with Gasteiger partial charge in [0.1, 0.15) is 0 Å². The van der Waals surface area contributed by atoms with Crippen molar-refractivity contribution >= 4 is 11.0 Å². The van der Waals surface area contributed by atoms with Gasteiger partial charge in [-0.1, -0.05) is 0 Å². The fourth-order valence-corrected chi connectivity index (χ4v) is 1.67. The Morgan fingerprint density at radius 2 is 2.06 bits per heavy atom. The molecule has 0 aliphatic heterocycles. The third-order valence-electron chi connectivity index (χ3n) is 2.58. The number of aromatic nitrogens is 2. The Balaban J connectivity index is 2.68. The Bertz CT molecular complexity index is 640. The molecule has 0 saturated heterocycles. The Hall–Kier alpha value is -2.10. The molecule has 1 heterocycles. The smallest absolute Gasteiger partial charge is 0.326 e. The number of fused-ring (bicyclic) bond motifs is 1. The molecule has 3 nitrogen and oxygen atoms in total. The number of benzene rings is 1. The van der Waals surface area contributed by atoms with Gasteiger partial charge in [-0.2, -0.15) is 14.0 Å². The number of nitrogens with zero attached hydrogens (tertiary/aromatic N) is 3. The first-order valence-electron chi connectivity index (χ1n) is 4.91. The molecule has 0 N–H and O–H groups in total. The molecule has 0 unspecified atom stereocenters. The van der Waals surface area contributed by atoms with Gasteiger partial charge in [-0.3, -0.25) is 0 Å². The summed E-state index contributed by atoms with van der Waals surface area (Å²) in [4.78, 5) is 3.50. The zero-order valence-corrected chi connectivity index (χ0v) is 9.16. The van der Waals surface area contributed by atoms with Crippen LogP contribution in [0.2, 0.25) is 0 Å². The van der Waals surface area contributed by atoms with Crippen molar-refractivity contribution in [3.05, 3.63) is 29.6 Å². The summed E-state index contributed by atoms with van der Waals surface area (Å²) in [6.07, 6.45) is -3.83. The number of alkyl halides is 4. The monoisotopic (exact) mass is 257 g/mol. The van der Waals surface area contributed by atoms with E-state index >= 15 is 0 Å². The standard InChI is InChI=1S/C11H7F4N3/c1-18-8-3-2-6(5-16)4-7(8)17-10(18)11(14,15)9(12)13/h2-4,9H,1H3. The fourth-order valence-electron chi connectivity index (χ4n) is 1.67. The minimum atomic E-state index is -4.32. The van der Waals surface area contributed by atoms with Gasteiger partial charge in [-0.25, -0.2) is 13.8 Å². The van der Waals surface area contributed by atoms with E-state index in [9.17, 15) is 17.6 Å². The van der Waals surface area contributed by atoms with Crippen molar-refractivity contribution in [3.8, 4) is 6.07 Å². The lowest BCUT2D eigenvalue weighted by Crippen LogP contribution is -2.27. The summed E-state index contributed by atoms with van der Waals surface area (Å²) >= 11 is 0. The quantitative estimate of drug-likeness (QED) is 0.776. The molecule has 18 heavy (non-hydrogen) atoms. The van der Waals surface area contributed by atoms with Crippen LogP contribution in [-0.2, 0) is 13.0 Å². The second kappa shape index (κ2) is 3.98. The maximum atomic E-state index is 13.3. The van der Waals surface area contributed by atoms with Crippen LogP contribution in [0.3, 0.4) is 0 Å². The highest BCUT2D eigenvalue weighted by molar-refractivity contribution is 5.77. The number of aryl methyl sites for hydroxylation is 1. The molecule has 0 atom stereocenters. The molecule has 7 heteroatoms. The minimum Gasteiger partial charge on any atom is -0.326 e. The second-order valence-electron chi connectivity index (χ2n) is 3.73. The lowest BCUT2D eigenvalue weighted by atomic mass is 10.2. The normalized spacial score (nSPS) is 12.1. The molecule has 0 bridgehead atoms. The SMILES string of the molecule is Cn1c(C(F)(F)C(F)F)nc2cc(C#N)ccc21. The number of rotatable bonds is 2. The van der Waals surface area contributed by atoms with E-state index in [1.807, 2.05) is 6.07 Å². The Morgan fingerprint density at radius 3 is 2.61 bits per heavy atom. The lowest BCUT2D eigenvalue weighted by molar-refractivity contribution is -0.142. The van der Waals surface area contributed by atoms with Crippen molar-refractivity contribution in [2.24, 2.45) is 7.05 Å². The van der Waals surface area contributed by atoms with Crippen LogP contribution in [0.25, 0.3) is 11.0 Å². The van der Waals surface area contributed by atoms with E-state index in [2.05, 4.69) is 4.98 Å². The summed E-state index contributed by atoms with van der Waals surface area (Å²) in [6, 6.07) is 5.91. The van der Waals surface area contributed by atoms with Crippen LogP contribution >= 0.6 is 0 Å². The van der Waals surface area contributed by atoms with Crippen LogP contribution in [0.15, 0.2) is 18.2 Å². The Labute approximate surface area is 99.3 Å². The van der Waals surface area contributed by atoms with Crippen molar-refractivity contribution in [3.63, 3.8) is 0 Å². The molecular weight excluding hydrogens is 250 g/mol. The van der Waals surface area contributed by atoms with E-state index in [0.717, 1.165) is 4.57 Å². The van der Waals surface area contributed by atoms with E-state index in [1.165, 1.54) is 25.2 Å². The van der Waals surface area contributed by atoms with Gasteiger partial charge in [0.25, 0.3) is 0 Å². The van der Waals surface area contributed by atoms with Gasteiger partial charge in [0.05, 0.1) is 22.7 Å². The number of hydrogen-bond donors (Lipinski definition) is 0. The predicted molar refractivity (Wildman–Crippen MR) is 55.3 cm³/mol. The van der Waals surface area contributed by atoms with Crippen LogP contribution in [0.1, 0.15) is 11.4 Å². The average molecular weight is 257 g/mol. The number of halogens is 4. The first-order chi connectivity index (χ1) is 8.37. The van der Waals surface area contributed by atoms with Gasteiger partial charge in [-0.15, -0.1) is 0 Å². The van der Waals surface area contributed by atoms with E-state index in [0.29, 0.717) is 0 Å². The molecule has 0 aliphatic carbocycles. The van der Waals surface area contributed by atoms with E-state index in [-0.39, 0.29) is 16.6 Å². The van der Waals surface area contributed by atoms with E-state index in [4.69, 9.17) is 5.26 Å². The minimum absolute atomic E-state index is 0.0897. The molecule has 2 rings (SSSR count).